The number of rotatable bonds is 8. The second-order valence-electron chi connectivity index (χ2n) is 4.38. The molecule has 0 saturated carbocycles. The molecular weight excluding hydrogens is 284 g/mol. The molecule has 10 nitrogen and oxygen atoms in total. The first kappa shape index (κ1) is 18.8. The molecule has 3 atom stereocenters. The van der Waals surface area contributed by atoms with Crippen molar-refractivity contribution in [3.63, 3.8) is 0 Å². The summed E-state index contributed by atoms with van der Waals surface area (Å²) in [4.78, 5) is 44.5. The van der Waals surface area contributed by atoms with Crippen molar-refractivity contribution in [2.75, 3.05) is 13.1 Å². The minimum Gasteiger partial charge on any atom is -0.480 e. The van der Waals surface area contributed by atoms with Gasteiger partial charge in [0.25, 0.3) is 0 Å². The van der Waals surface area contributed by atoms with E-state index in [9.17, 15) is 19.2 Å². The lowest BCUT2D eigenvalue weighted by Crippen LogP contribution is -2.54. The molecule has 0 spiro atoms. The van der Waals surface area contributed by atoms with Crippen molar-refractivity contribution < 1.29 is 29.4 Å². The summed E-state index contributed by atoms with van der Waals surface area (Å²) in [6, 6.07) is -2.13. The summed E-state index contributed by atoms with van der Waals surface area (Å²) < 4.78 is 0. The zero-order valence-electron chi connectivity index (χ0n) is 11.8. The first-order chi connectivity index (χ1) is 9.65. The second kappa shape index (κ2) is 8.87. The molecule has 0 aliphatic rings. The molecule has 0 saturated heterocycles. The number of nitrogens with two attached hydrogens (primary N) is 1. The number of hydrogen-bond donors (Lipinski definition) is 6. The van der Waals surface area contributed by atoms with Gasteiger partial charge in [0, 0.05) is 0 Å². The molecule has 7 N–H and O–H groups in total. The third-order valence-electron chi connectivity index (χ3n) is 2.43. The van der Waals surface area contributed by atoms with Crippen LogP contribution in [0.1, 0.15) is 13.8 Å². The highest BCUT2D eigenvalue weighted by Gasteiger charge is 2.23. The van der Waals surface area contributed by atoms with Crippen molar-refractivity contribution in [1.29, 1.82) is 0 Å². The van der Waals surface area contributed by atoms with Gasteiger partial charge >= 0.3 is 5.97 Å². The monoisotopic (exact) mass is 304 g/mol. The Bertz CT molecular complexity index is 412. The minimum absolute atomic E-state index is 0.422. The summed E-state index contributed by atoms with van der Waals surface area (Å²) in [6.45, 7) is 1.73. The molecule has 0 aliphatic heterocycles. The average molecular weight is 304 g/mol. The van der Waals surface area contributed by atoms with E-state index in [1.807, 2.05) is 0 Å². The van der Waals surface area contributed by atoms with Crippen LogP contribution in [0.2, 0.25) is 0 Å². The van der Waals surface area contributed by atoms with Crippen LogP contribution >= 0.6 is 0 Å². The summed E-state index contributed by atoms with van der Waals surface area (Å²) in [5.41, 5.74) is 5.39. The van der Waals surface area contributed by atoms with E-state index >= 15 is 0 Å². The highest BCUT2D eigenvalue weighted by Crippen LogP contribution is 1.91. The maximum absolute atomic E-state index is 11.6. The van der Waals surface area contributed by atoms with E-state index in [0.717, 1.165) is 0 Å². The lowest BCUT2D eigenvalue weighted by atomic mass is 10.1. The maximum atomic E-state index is 11.6. The van der Waals surface area contributed by atoms with Gasteiger partial charge in [-0.05, 0) is 13.8 Å². The highest BCUT2D eigenvalue weighted by atomic mass is 16.4. The van der Waals surface area contributed by atoms with Gasteiger partial charge in [-0.15, -0.1) is 0 Å². The lowest BCUT2D eigenvalue weighted by Gasteiger charge is -2.18. The highest BCUT2D eigenvalue weighted by molar-refractivity contribution is 5.92. The van der Waals surface area contributed by atoms with Crippen LogP contribution in [0.3, 0.4) is 0 Å². The fourth-order valence-corrected chi connectivity index (χ4v) is 1.15. The van der Waals surface area contributed by atoms with Crippen molar-refractivity contribution in [2.24, 2.45) is 5.73 Å². The zero-order valence-corrected chi connectivity index (χ0v) is 11.8. The Morgan fingerprint density at radius 1 is 1.05 bits per heavy atom. The van der Waals surface area contributed by atoms with Gasteiger partial charge in [-0.1, -0.05) is 0 Å². The first-order valence-corrected chi connectivity index (χ1v) is 6.15. The molecule has 21 heavy (non-hydrogen) atoms. The van der Waals surface area contributed by atoms with Crippen LogP contribution in [0.15, 0.2) is 0 Å². The number of amides is 3. The summed E-state index contributed by atoms with van der Waals surface area (Å²) in [5.74, 6) is -3.23. The molecular formula is C11H20N4O6. The SMILES string of the molecule is CC(NC(=O)C(N)C(C)O)C(=O)NCC(=O)NCC(=O)O. The molecule has 3 unspecified atom stereocenters. The average Bonchev–Trinajstić information content (AvgIpc) is 2.40. The molecule has 0 heterocycles. The summed E-state index contributed by atoms with van der Waals surface area (Å²) in [7, 11) is 0. The Morgan fingerprint density at radius 3 is 2.10 bits per heavy atom. The molecule has 3 amide bonds. The van der Waals surface area contributed by atoms with Gasteiger partial charge < -0.3 is 31.9 Å². The van der Waals surface area contributed by atoms with Crippen LogP contribution in [-0.4, -0.2) is 65.2 Å². The van der Waals surface area contributed by atoms with Crippen LogP contribution in [0.5, 0.6) is 0 Å². The van der Waals surface area contributed by atoms with Gasteiger partial charge in [0.1, 0.15) is 18.6 Å². The van der Waals surface area contributed by atoms with Crippen LogP contribution in [0.4, 0.5) is 0 Å². The van der Waals surface area contributed by atoms with E-state index in [-0.39, 0.29) is 0 Å². The Labute approximate surface area is 121 Å². The predicted octanol–water partition coefficient (Wildman–Crippen LogP) is -3.48. The molecule has 0 aromatic rings. The van der Waals surface area contributed by atoms with Gasteiger partial charge in [-0.3, -0.25) is 19.2 Å². The third-order valence-corrected chi connectivity index (χ3v) is 2.43. The van der Waals surface area contributed by atoms with Gasteiger partial charge in [-0.25, -0.2) is 0 Å². The topological polar surface area (TPSA) is 171 Å². The van der Waals surface area contributed by atoms with Crippen LogP contribution in [-0.2, 0) is 19.2 Å². The number of carboxylic acid groups (broad SMARTS) is 1. The molecule has 0 bridgehead atoms. The summed E-state index contributed by atoms with van der Waals surface area (Å²) >= 11 is 0. The fourth-order valence-electron chi connectivity index (χ4n) is 1.15. The van der Waals surface area contributed by atoms with Gasteiger partial charge in [0.2, 0.25) is 17.7 Å². The van der Waals surface area contributed by atoms with E-state index in [1.54, 1.807) is 0 Å². The molecule has 0 rings (SSSR count). The quantitative estimate of drug-likeness (QED) is 0.270. The van der Waals surface area contributed by atoms with Crippen molar-refractivity contribution in [3.8, 4) is 0 Å². The van der Waals surface area contributed by atoms with Crippen molar-refractivity contribution in [2.45, 2.75) is 32.0 Å². The maximum Gasteiger partial charge on any atom is 0.322 e. The van der Waals surface area contributed by atoms with Crippen LogP contribution in [0, 0.1) is 0 Å². The molecule has 0 fully saturated rings. The number of aliphatic hydroxyl groups excluding tert-OH is 1. The van der Waals surface area contributed by atoms with Gasteiger partial charge in [-0.2, -0.15) is 0 Å². The molecule has 120 valence electrons. The number of aliphatic carboxylic acids is 1. The Kier molecular flexibility index (Phi) is 7.94. The largest absolute Gasteiger partial charge is 0.480 e. The van der Waals surface area contributed by atoms with E-state index < -0.39 is 55.0 Å². The van der Waals surface area contributed by atoms with Gasteiger partial charge in [0.15, 0.2) is 0 Å². The second-order valence-corrected chi connectivity index (χ2v) is 4.38. The number of carbonyl (C=O) groups is 4. The Hall–Kier alpha value is -2.20. The van der Waals surface area contributed by atoms with Crippen LogP contribution < -0.4 is 21.7 Å². The molecule has 0 radical (unpaired) electrons. The smallest absolute Gasteiger partial charge is 0.322 e. The summed E-state index contributed by atoms with van der Waals surface area (Å²) in [5, 5.41) is 24.0. The predicted molar refractivity (Wildman–Crippen MR) is 70.9 cm³/mol. The molecule has 0 aromatic heterocycles. The summed E-state index contributed by atoms with van der Waals surface area (Å²) in [6.07, 6.45) is -1.07. The van der Waals surface area contributed by atoms with Crippen LogP contribution in [0.25, 0.3) is 0 Å². The normalized spacial score (nSPS) is 14.5. The number of carbonyl (C=O) groups excluding carboxylic acids is 3. The first-order valence-electron chi connectivity index (χ1n) is 6.15. The fraction of sp³-hybridized carbons (Fsp3) is 0.636. The molecule has 0 aromatic carbocycles. The van der Waals surface area contributed by atoms with Crippen molar-refractivity contribution in [1.82, 2.24) is 16.0 Å². The van der Waals surface area contributed by atoms with E-state index in [1.165, 1.54) is 13.8 Å². The number of nitrogens with one attached hydrogen (secondary N) is 3. The number of aliphatic hydroxyl groups is 1. The van der Waals surface area contributed by atoms with E-state index in [2.05, 4.69) is 16.0 Å². The third kappa shape index (κ3) is 7.84. The number of carboxylic acids is 1. The lowest BCUT2D eigenvalue weighted by molar-refractivity contribution is -0.138. The molecule has 0 aliphatic carbocycles. The van der Waals surface area contributed by atoms with Crippen molar-refractivity contribution in [3.05, 3.63) is 0 Å². The van der Waals surface area contributed by atoms with E-state index in [0.29, 0.717) is 0 Å². The Balaban J connectivity index is 4.14. The van der Waals surface area contributed by atoms with Crippen molar-refractivity contribution >= 4 is 23.7 Å². The van der Waals surface area contributed by atoms with Gasteiger partial charge in [0.05, 0.1) is 12.6 Å². The zero-order chi connectivity index (χ0) is 16.6. The molecule has 10 heteroatoms. The minimum atomic E-state index is -1.21. The van der Waals surface area contributed by atoms with E-state index in [4.69, 9.17) is 15.9 Å². The standard InChI is InChI=1S/C11H20N4O6/c1-5(15-11(21)9(12)6(2)16)10(20)14-3-7(17)13-4-8(18)19/h5-6,9,16H,3-4,12H2,1-2H3,(H,13,17)(H,14,20)(H,15,21)(H,18,19). The Morgan fingerprint density at radius 2 is 1.62 bits per heavy atom. The number of hydrogen-bond acceptors (Lipinski definition) is 6.